The minimum atomic E-state index is -2.52. The van der Waals surface area contributed by atoms with Gasteiger partial charge in [0.05, 0.1) is 49.7 Å². The average molecular weight is 1350 g/mol. The fraction of sp³-hybridized carbons (Fsp3) is 0.484. The van der Waals surface area contributed by atoms with Gasteiger partial charge in [-0.05, 0) is 59.7 Å². The van der Waals surface area contributed by atoms with Crippen molar-refractivity contribution in [3.63, 3.8) is 0 Å². The number of rotatable bonds is 38. The molecule has 7 rings (SSSR count). The average Bonchev–Trinajstić information content (AvgIpc) is 0.799. The number of ether oxygens (including phenoxy) is 4. The van der Waals surface area contributed by atoms with Crippen LogP contribution in [-0.2, 0) is 51.2 Å². The third-order valence-corrected chi connectivity index (χ3v) is 17.6. The van der Waals surface area contributed by atoms with Crippen molar-refractivity contribution in [1.82, 2.24) is 21.3 Å². The second-order valence-corrected chi connectivity index (χ2v) is 24.8. The highest BCUT2D eigenvalue weighted by molar-refractivity contribution is 7.99. The molecule has 94 heavy (non-hydrogen) atoms. The largest absolute Gasteiger partial charge is 0.477 e. The SMILES string of the molecule is CC(=O)N[C@H]1[C@H]([C@H](O)[C@H](O)CNc2c(NCc3ccccc3)c(=O)c2=O)O[C@@](OCCCSCCNC(=O)c2ccc(C(=O)NCCSCCCO[C@]3(C(=O)O)C[C@H](O)[C@@H](NC(C)=O)[C@H]([C@H](O)[C@H](O)CNc4c(NCc5ccccc5)c(=O)c4=O)O3)cc2)(C(=O)O)C[C@@H]1O. The van der Waals surface area contributed by atoms with Gasteiger partial charge in [-0.25, -0.2) is 9.59 Å². The molecule has 510 valence electrons. The molecular formula is C62H78N8O22S2. The smallest absolute Gasteiger partial charge is 0.364 e. The van der Waals surface area contributed by atoms with E-state index in [2.05, 4.69) is 42.5 Å². The van der Waals surface area contributed by atoms with Crippen LogP contribution in [0.5, 0.6) is 0 Å². The molecule has 0 saturated carbocycles. The summed E-state index contributed by atoms with van der Waals surface area (Å²) in [5, 5.41) is 109. The molecule has 2 saturated heterocycles. The van der Waals surface area contributed by atoms with E-state index in [1.807, 2.05) is 12.1 Å². The maximum absolute atomic E-state index is 12.9. The Morgan fingerprint density at radius 2 is 0.862 bits per heavy atom. The molecule has 0 spiro atoms. The Kier molecular flexibility index (Phi) is 27.0. The molecule has 0 aromatic heterocycles. The molecule has 0 aliphatic carbocycles. The number of benzene rings is 3. The standard InChI is InChI=1S/C62H78N8O22S2/c1-33(71)69-43-39(73)27-61(59(85)86,91-55(43)49(77)41(75)31-67-47-45(51(79)53(47)81)65-29-35-11-5-3-6-12-35)89-21-9-23-93-25-19-63-57(83)37-15-17-38(18-16-37)58(84)64-20-26-94-24-10-22-90-62(60(87)88)28-40(74)44(70-34(2)72)56(92-62)50(78)42(76)32-68-48-46(52(80)54(48)82)66-30-36-13-7-4-8-14-36/h3-8,11-18,39-44,49-50,55-56,65-68,73-78H,9-10,19-32H2,1-2H3,(H,63,83)(H,64,84)(H,69,71)(H,70,72)(H,85,86)(H,87,88)/t39-,40-,41+,42+,43+,44+,49+,50+,55+,56+,61+,62+/m0/s1. The van der Waals surface area contributed by atoms with Crippen LogP contribution in [0.25, 0.3) is 0 Å². The minimum absolute atomic E-state index is 0.0329. The third kappa shape index (κ3) is 19.2. The van der Waals surface area contributed by atoms with Crippen molar-refractivity contribution in [1.29, 1.82) is 0 Å². The van der Waals surface area contributed by atoms with Crippen LogP contribution in [0.15, 0.2) is 104 Å². The lowest BCUT2D eigenvalue weighted by atomic mass is 9.88. The van der Waals surface area contributed by atoms with Crippen molar-refractivity contribution in [2.75, 3.05) is 83.7 Å². The Hall–Kier alpha value is -7.86. The van der Waals surface area contributed by atoms with Crippen LogP contribution in [0.4, 0.5) is 22.7 Å². The number of anilines is 4. The number of thioether (sulfide) groups is 2. The first-order valence-corrected chi connectivity index (χ1v) is 32.4. The van der Waals surface area contributed by atoms with E-state index in [9.17, 15) is 88.8 Å². The van der Waals surface area contributed by atoms with E-state index in [4.69, 9.17) is 18.9 Å². The number of carbonyl (C=O) groups excluding carboxylic acids is 4. The van der Waals surface area contributed by atoms with Gasteiger partial charge in [-0.1, -0.05) is 60.7 Å². The van der Waals surface area contributed by atoms with E-state index >= 15 is 0 Å². The fourth-order valence-electron chi connectivity index (χ4n) is 10.5. The predicted octanol–water partition coefficient (Wildman–Crippen LogP) is -1.62. The fourth-order valence-corrected chi connectivity index (χ4v) is 12.0. The number of amides is 4. The van der Waals surface area contributed by atoms with Gasteiger partial charge in [0.15, 0.2) is 0 Å². The maximum Gasteiger partial charge on any atom is 0.364 e. The van der Waals surface area contributed by atoms with E-state index in [-0.39, 0.29) is 86.1 Å². The maximum atomic E-state index is 12.9. The number of carbonyl (C=O) groups is 6. The number of nitrogens with one attached hydrogen (secondary N) is 8. The van der Waals surface area contributed by atoms with E-state index in [0.717, 1.165) is 25.0 Å². The molecule has 2 aliphatic heterocycles. The van der Waals surface area contributed by atoms with Crippen LogP contribution >= 0.6 is 23.5 Å². The normalized spacial score (nSPS) is 22.4. The summed E-state index contributed by atoms with van der Waals surface area (Å²) in [6.07, 6.45) is -15.1. The Bertz CT molecular complexity index is 3300. The van der Waals surface area contributed by atoms with Gasteiger partial charge in [0.2, 0.25) is 11.8 Å². The van der Waals surface area contributed by atoms with E-state index < -0.39 is 156 Å². The molecule has 5 aromatic rings. The molecule has 5 aromatic carbocycles. The minimum Gasteiger partial charge on any atom is -0.477 e. The number of aliphatic hydroxyl groups excluding tert-OH is 6. The molecule has 16 N–H and O–H groups in total. The molecule has 0 unspecified atom stereocenters. The predicted molar refractivity (Wildman–Crippen MR) is 345 cm³/mol. The zero-order valence-electron chi connectivity index (χ0n) is 51.3. The Labute approximate surface area is 546 Å². The van der Waals surface area contributed by atoms with Gasteiger partial charge < -0.3 is 102 Å². The zero-order valence-corrected chi connectivity index (χ0v) is 52.9. The summed E-state index contributed by atoms with van der Waals surface area (Å²) < 4.78 is 23.1. The van der Waals surface area contributed by atoms with Crippen molar-refractivity contribution in [2.24, 2.45) is 0 Å². The molecule has 2 fully saturated rings. The van der Waals surface area contributed by atoms with Crippen LogP contribution in [0, 0.1) is 0 Å². The number of carboxylic acids is 2. The van der Waals surface area contributed by atoms with Crippen LogP contribution in [0.3, 0.4) is 0 Å². The topological polar surface area (TPSA) is 466 Å². The number of hydrogen-bond acceptors (Lipinski definition) is 26. The molecule has 2 aliphatic rings. The highest BCUT2D eigenvalue weighted by Crippen LogP contribution is 2.36. The van der Waals surface area contributed by atoms with Crippen LogP contribution in [0.1, 0.15) is 71.4 Å². The summed E-state index contributed by atoms with van der Waals surface area (Å²) in [5.74, 6) is -8.80. The highest BCUT2D eigenvalue weighted by Gasteiger charge is 2.57. The van der Waals surface area contributed by atoms with Gasteiger partial charge in [-0.3, -0.25) is 38.4 Å². The quantitative estimate of drug-likeness (QED) is 0.0156. The lowest BCUT2D eigenvalue weighted by Gasteiger charge is -2.46. The second-order valence-electron chi connectivity index (χ2n) is 22.4. The van der Waals surface area contributed by atoms with Gasteiger partial charge in [0.25, 0.3) is 45.1 Å². The molecule has 30 nitrogen and oxygen atoms in total. The molecular weight excluding hydrogens is 1270 g/mol. The van der Waals surface area contributed by atoms with Crippen molar-refractivity contribution in [3.8, 4) is 0 Å². The van der Waals surface area contributed by atoms with Gasteiger partial charge in [-0.2, -0.15) is 23.5 Å². The number of aliphatic hydroxyl groups is 6. The first-order valence-electron chi connectivity index (χ1n) is 30.1. The summed E-state index contributed by atoms with van der Waals surface area (Å²) >= 11 is 2.80. The van der Waals surface area contributed by atoms with Gasteiger partial charge in [-0.15, -0.1) is 0 Å². The molecule has 0 bridgehead atoms. The molecule has 0 radical (unpaired) electrons. The molecule has 2 heterocycles. The van der Waals surface area contributed by atoms with Gasteiger partial charge in [0, 0.05) is 88.6 Å². The summed E-state index contributed by atoms with van der Waals surface area (Å²) in [6.45, 7) is 1.65. The zero-order chi connectivity index (χ0) is 68.3. The van der Waals surface area contributed by atoms with Gasteiger partial charge >= 0.3 is 11.9 Å². The Balaban J connectivity index is 0.780. The summed E-state index contributed by atoms with van der Waals surface area (Å²) in [4.78, 5) is 125. The van der Waals surface area contributed by atoms with Gasteiger partial charge in [0.1, 0.15) is 47.2 Å². The summed E-state index contributed by atoms with van der Waals surface area (Å²) in [5.41, 5.74) is -1.46. The molecule has 12 atom stereocenters. The van der Waals surface area contributed by atoms with Crippen molar-refractivity contribution >= 4 is 81.8 Å². The summed E-state index contributed by atoms with van der Waals surface area (Å²) in [6, 6.07) is 21.1. The van der Waals surface area contributed by atoms with E-state index in [1.165, 1.54) is 47.8 Å². The Morgan fingerprint density at radius 3 is 1.19 bits per heavy atom. The first kappa shape index (κ1) is 73.5. The first-order chi connectivity index (χ1) is 44.9. The lowest BCUT2D eigenvalue weighted by Crippen LogP contribution is -2.68. The van der Waals surface area contributed by atoms with Crippen LogP contribution in [0.2, 0.25) is 0 Å². The highest BCUT2D eigenvalue weighted by atomic mass is 32.2. The second kappa shape index (κ2) is 34.5. The molecule has 32 heteroatoms. The third-order valence-electron chi connectivity index (χ3n) is 15.4. The monoisotopic (exact) mass is 1350 g/mol. The lowest BCUT2D eigenvalue weighted by molar-refractivity contribution is -0.310. The number of hydrogen-bond donors (Lipinski definition) is 16. The Morgan fingerprint density at radius 1 is 0.521 bits per heavy atom. The van der Waals surface area contributed by atoms with Crippen molar-refractivity contribution in [2.45, 2.75) is 125 Å². The van der Waals surface area contributed by atoms with E-state index in [0.29, 0.717) is 23.0 Å². The van der Waals surface area contributed by atoms with Crippen LogP contribution in [-0.4, -0.2) is 211 Å². The van der Waals surface area contributed by atoms with Crippen molar-refractivity contribution < 1.29 is 88.6 Å². The van der Waals surface area contributed by atoms with Crippen LogP contribution < -0.4 is 64.2 Å². The number of carboxylic acid groups (broad SMARTS) is 2. The van der Waals surface area contributed by atoms with Crippen molar-refractivity contribution in [3.05, 3.63) is 148 Å². The number of aliphatic carboxylic acids is 2. The van der Waals surface area contributed by atoms with E-state index in [1.54, 1.807) is 48.5 Å². The summed E-state index contributed by atoms with van der Waals surface area (Å²) in [7, 11) is 0. The molecule has 4 amide bonds.